The highest BCUT2D eigenvalue weighted by atomic mass is 127. The molecule has 2 aromatic heterocycles. The summed E-state index contributed by atoms with van der Waals surface area (Å²) in [5.41, 5.74) is 2.67. The van der Waals surface area contributed by atoms with Crippen LogP contribution in [0, 0.1) is 13.8 Å². The van der Waals surface area contributed by atoms with Crippen LogP contribution in [0.5, 0.6) is 0 Å². The summed E-state index contributed by atoms with van der Waals surface area (Å²) in [6.45, 7) is 6.57. The Kier molecular flexibility index (Phi) is 12.1. The molecular formula is C18H26I2N2. The molecule has 0 N–H and O–H groups in total. The molecule has 0 amide bonds. The Morgan fingerprint density at radius 2 is 1.09 bits per heavy atom. The number of aromatic nitrogens is 2. The molecule has 0 spiro atoms. The molecule has 2 nitrogen and oxygen atoms in total. The molecule has 0 atom stereocenters. The van der Waals surface area contributed by atoms with Crippen LogP contribution in [0.15, 0.2) is 49.1 Å². The van der Waals surface area contributed by atoms with Gasteiger partial charge in [0.25, 0.3) is 0 Å². The molecule has 0 fully saturated rings. The van der Waals surface area contributed by atoms with E-state index in [-0.39, 0.29) is 48.0 Å². The number of unbranched alkanes of at least 4 members (excludes halogenated alkanes) is 3. The molecule has 0 unspecified atom stereocenters. The lowest BCUT2D eigenvalue weighted by Gasteiger charge is -2.00. The van der Waals surface area contributed by atoms with Gasteiger partial charge in [-0.1, -0.05) is 0 Å². The largest absolute Gasteiger partial charge is 1.00 e. The Balaban J connectivity index is 0.00000220. The van der Waals surface area contributed by atoms with E-state index in [4.69, 9.17) is 0 Å². The first-order valence-electron chi connectivity index (χ1n) is 7.65. The van der Waals surface area contributed by atoms with E-state index in [1.54, 1.807) is 0 Å². The summed E-state index contributed by atoms with van der Waals surface area (Å²) in [5, 5.41) is 0. The van der Waals surface area contributed by atoms with Crippen LogP contribution in [0.1, 0.15) is 36.8 Å². The fraction of sp³-hybridized carbons (Fsp3) is 0.444. The van der Waals surface area contributed by atoms with Gasteiger partial charge >= 0.3 is 0 Å². The first-order valence-corrected chi connectivity index (χ1v) is 7.65. The van der Waals surface area contributed by atoms with Gasteiger partial charge in [0.2, 0.25) is 0 Å². The van der Waals surface area contributed by atoms with Crippen molar-refractivity contribution < 1.29 is 57.1 Å². The van der Waals surface area contributed by atoms with Crippen molar-refractivity contribution in [3.63, 3.8) is 0 Å². The number of halogens is 2. The van der Waals surface area contributed by atoms with E-state index in [1.165, 1.54) is 36.8 Å². The van der Waals surface area contributed by atoms with E-state index in [9.17, 15) is 0 Å². The lowest BCUT2D eigenvalue weighted by molar-refractivity contribution is -0.699. The summed E-state index contributed by atoms with van der Waals surface area (Å²) < 4.78 is 4.59. The third kappa shape index (κ3) is 8.41. The molecule has 22 heavy (non-hydrogen) atoms. The van der Waals surface area contributed by atoms with E-state index in [1.807, 2.05) is 0 Å². The zero-order valence-electron chi connectivity index (χ0n) is 13.5. The van der Waals surface area contributed by atoms with Gasteiger partial charge in [-0.3, -0.25) is 0 Å². The SMILES string of the molecule is Cc1ccc[n+](CCCCCC[n+]2cccc(C)c2)c1.[I-].[I-]. The number of hydrogen-bond donors (Lipinski definition) is 0. The van der Waals surface area contributed by atoms with Crippen LogP contribution in [0.25, 0.3) is 0 Å². The summed E-state index contributed by atoms with van der Waals surface area (Å²) in [7, 11) is 0. The Morgan fingerprint density at radius 3 is 1.45 bits per heavy atom. The highest BCUT2D eigenvalue weighted by Crippen LogP contribution is 2.00. The number of rotatable bonds is 7. The molecule has 0 aromatic carbocycles. The fourth-order valence-corrected chi connectivity index (χ4v) is 2.53. The minimum absolute atomic E-state index is 0. The molecule has 2 aromatic rings. The van der Waals surface area contributed by atoms with Gasteiger partial charge in [0.1, 0.15) is 13.1 Å². The van der Waals surface area contributed by atoms with Crippen LogP contribution >= 0.6 is 0 Å². The van der Waals surface area contributed by atoms with E-state index >= 15 is 0 Å². The van der Waals surface area contributed by atoms with Gasteiger partial charge in [-0.25, -0.2) is 9.13 Å². The van der Waals surface area contributed by atoms with Gasteiger partial charge < -0.3 is 48.0 Å². The highest BCUT2D eigenvalue weighted by molar-refractivity contribution is 5.01. The number of nitrogens with zero attached hydrogens (tertiary/aromatic N) is 2. The molecule has 0 saturated carbocycles. The van der Waals surface area contributed by atoms with Crippen molar-refractivity contribution >= 4 is 0 Å². The van der Waals surface area contributed by atoms with E-state index in [0.717, 1.165) is 13.1 Å². The summed E-state index contributed by atoms with van der Waals surface area (Å²) >= 11 is 0. The minimum atomic E-state index is 0. The van der Waals surface area contributed by atoms with Gasteiger partial charge in [0.05, 0.1) is 0 Å². The Bertz CT molecular complexity index is 495. The number of pyridine rings is 2. The van der Waals surface area contributed by atoms with Gasteiger partial charge in [0, 0.05) is 36.1 Å². The molecule has 2 rings (SSSR count). The smallest absolute Gasteiger partial charge is 0.171 e. The van der Waals surface area contributed by atoms with Crippen molar-refractivity contribution in [3.05, 3.63) is 60.2 Å². The maximum absolute atomic E-state index is 2.30. The average Bonchev–Trinajstić information content (AvgIpc) is 2.43. The van der Waals surface area contributed by atoms with Crippen LogP contribution in [-0.4, -0.2) is 0 Å². The summed E-state index contributed by atoms with van der Waals surface area (Å²) in [4.78, 5) is 0. The molecule has 0 radical (unpaired) electrons. The van der Waals surface area contributed by atoms with Gasteiger partial charge in [-0.2, -0.15) is 0 Å². The summed E-state index contributed by atoms with van der Waals surface area (Å²) in [6.07, 6.45) is 13.9. The third-order valence-corrected chi connectivity index (χ3v) is 3.59. The van der Waals surface area contributed by atoms with Crippen molar-refractivity contribution in [2.24, 2.45) is 0 Å². The zero-order chi connectivity index (χ0) is 14.2. The van der Waals surface area contributed by atoms with Crippen LogP contribution in [-0.2, 0) is 13.1 Å². The lowest BCUT2D eigenvalue weighted by atomic mass is 10.2. The lowest BCUT2D eigenvalue weighted by Crippen LogP contribution is -3.00. The van der Waals surface area contributed by atoms with Crippen LogP contribution in [0.3, 0.4) is 0 Å². The molecule has 0 saturated heterocycles. The maximum atomic E-state index is 2.30. The first-order chi connectivity index (χ1) is 9.74. The minimum Gasteiger partial charge on any atom is -1.00 e. The molecule has 4 heteroatoms. The van der Waals surface area contributed by atoms with E-state index in [2.05, 4.69) is 72.0 Å². The third-order valence-electron chi connectivity index (χ3n) is 3.59. The average molecular weight is 524 g/mol. The molecule has 0 aliphatic carbocycles. The Labute approximate surface area is 169 Å². The van der Waals surface area contributed by atoms with Gasteiger partial charge in [0.15, 0.2) is 24.8 Å². The highest BCUT2D eigenvalue weighted by Gasteiger charge is 2.02. The predicted molar refractivity (Wildman–Crippen MR) is 81.2 cm³/mol. The van der Waals surface area contributed by atoms with Crippen molar-refractivity contribution in [2.75, 3.05) is 0 Å². The normalized spacial score (nSPS) is 9.73. The number of aryl methyl sites for hydroxylation is 4. The monoisotopic (exact) mass is 524 g/mol. The van der Waals surface area contributed by atoms with Gasteiger partial charge in [-0.15, -0.1) is 0 Å². The van der Waals surface area contributed by atoms with E-state index < -0.39 is 0 Å². The molecule has 0 aliphatic heterocycles. The van der Waals surface area contributed by atoms with Crippen LogP contribution in [0.4, 0.5) is 0 Å². The van der Waals surface area contributed by atoms with Crippen LogP contribution in [0.2, 0.25) is 0 Å². The van der Waals surface area contributed by atoms with Gasteiger partial charge in [-0.05, 0) is 38.8 Å². The summed E-state index contributed by atoms with van der Waals surface area (Å²) in [5.74, 6) is 0. The Hall–Kier alpha value is -0.240. The topological polar surface area (TPSA) is 7.76 Å². The molecule has 0 bridgehead atoms. The van der Waals surface area contributed by atoms with Crippen molar-refractivity contribution in [2.45, 2.75) is 52.6 Å². The molecular weight excluding hydrogens is 498 g/mol. The van der Waals surface area contributed by atoms with Crippen molar-refractivity contribution in [1.29, 1.82) is 0 Å². The fourth-order valence-electron chi connectivity index (χ4n) is 2.53. The maximum Gasteiger partial charge on any atom is 0.171 e. The molecule has 0 aliphatic rings. The second-order valence-corrected chi connectivity index (χ2v) is 5.65. The first kappa shape index (κ1) is 21.8. The van der Waals surface area contributed by atoms with Crippen molar-refractivity contribution in [3.8, 4) is 0 Å². The summed E-state index contributed by atoms with van der Waals surface area (Å²) in [6, 6.07) is 8.55. The van der Waals surface area contributed by atoms with Crippen LogP contribution < -0.4 is 57.1 Å². The quantitative estimate of drug-likeness (QED) is 0.210. The van der Waals surface area contributed by atoms with Crippen molar-refractivity contribution in [1.82, 2.24) is 0 Å². The number of hydrogen-bond acceptors (Lipinski definition) is 0. The Morgan fingerprint density at radius 1 is 0.682 bits per heavy atom. The zero-order valence-corrected chi connectivity index (χ0v) is 17.8. The second-order valence-electron chi connectivity index (χ2n) is 5.65. The molecule has 2 heterocycles. The standard InChI is InChI=1S/C18H26N2.2HI/c1-17-9-7-13-19(15-17)11-5-3-4-6-12-20-14-8-10-18(2)16-20;;/h7-10,13-16H,3-6,11-12H2,1-2H3;2*1H/q+2;;/p-2. The predicted octanol–water partition coefficient (Wildman–Crippen LogP) is -2.85. The molecule has 122 valence electrons. The second kappa shape index (κ2) is 12.2. The van der Waals surface area contributed by atoms with E-state index in [0.29, 0.717) is 0 Å².